The lowest BCUT2D eigenvalue weighted by atomic mass is 9.94. The molecule has 14 heavy (non-hydrogen) atoms. The van der Waals surface area contributed by atoms with Crippen LogP contribution >= 0.6 is 0 Å². The van der Waals surface area contributed by atoms with E-state index in [-0.39, 0.29) is 17.8 Å². The van der Waals surface area contributed by atoms with Gasteiger partial charge in [0.25, 0.3) is 0 Å². The molecule has 2 aliphatic rings. The zero-order chi connectivity index (χ0) is 10.6. The van der Waals surface area contributed by atoms with Crippen molar-refractivity contribution >= 4 is 0 Å². The van der Waals surface area contributed by atoms with E-state index in [1.54, 1.807) is 0 Å². The van der Waals surface area contributed by atoms with Crippen molar-refractivity contribution in [3.05, 3.63) is 0 Å². The molecule has 0 aromatic rings. The second-order valence-electron chi connectivity index (χ2n) is 5.11. The smallest absolute Gasteiger partial charge is 0.184 e. The molecule has 4 nitrogen and oxygen atoms in total. The molecule has 0 saturated carbocycles. The molecular weight excluding hydrogens is 184 g/mol. The molecule has 1 unspecified atom stereocenters. The normalized spacial score (nSPS) is 44.8. The number of hydrogen-bond acceptors (Lipinski definition) is 4. The number of ether oxygens (including phenoxy) is 3. The van der Waals surface area contributed by atoms with E-state index in [9.17, 15) is 5.11 Å². The summed E-state index contributed by atoms with van der Waals surface area (Å²) in [6, 6.07) is 0. The summed E-state index contributed by atoms with van der Waals surface area (Å²) >= 11 is 0. The van der Waals surface area contributed by atoms with Crippen molar-refractivity contribution in [1.82, 2.24) is 0 Å². The molecule has 4 heteroatoms. The van der Waals surface area contributed by atoms with Crippen LogP contribution in [0.4, 0.5) is 0 Å². The largest absolute Gasteiger partial charge is 0.366 e. The third kappa shape index (κ3) is 1.80. The fraction of sp³-hybridized carbons (Fsp3) is 1.00. The minimum Gasteiger partial charge on any atom is -0.366 e. The Balaban J connectivity index is 2.15. The fourth-order valence-corrected chi connectivity index (χ4v) is 2.19. The highest BCUT2D eigenvalue weighted by Crippen LogP contribution is 2.39. The first-order valence-electron chi connectivity index (χ1n) is 5.01. The first-order chi connectivity index (χ1) is 6.29. The van der Waals surface area contributed by atoms with Crippen molar-refractivity contribution in [3.8, 4) is 0 Å². The van der Waals surface area contributed by atoms with E-state index in [2.05, 4.69) is 0 Å². The van der Waals surface area contributed by atoms with Crippen LogP contribution in [0.5, 0.6) is 0 Å². The summed E-state index contributed by atoms with van der Waals surface area (Å²) < 4.78 is 16.7. The van der Waals surface area contributed by atoms with E-state index in [1.165, 1.54) is 0 Å². The maximum atomic E-state index is 9.72. The van der Waals surface area contributed by atoms with Crippen molar-refractivity contribution in [2.75, 3.05) is 0 Å². The van der Waals surface area contributed by atoms with Crippen LogP contribution in [0.2, 0.25) is 0 Å². The van der Waals surface area contributed by atoms with Gasteiger partial charge in [-0.05, 0) is 27.7 Å². The van der Waals surface area contributed by atoms with Crippen LogP contribution in [0.25, 0.3) is 0 Å². The maximum absolute atomic E-state index is 9.72. The lowest BCUT2D eigenvalue weighted by Gasteiger charge is -2.38. The van der Waals surface area contributed by atoms with Gasteiger partial charge >= 0.3 is 0 Å². The third-order valence-corrected chi connectivity index (χ3v) is 2.64. The summed E-state index contributed by atoms with van der Waals surface area (Å²) in [5, 5.41) is 9.72. The van der Waals surface area contributed by atoms with Crippen molar-refractivity contribution in [1.29, 1.82) is 0 Å². The SMILES string of the molecule is CC1(C)C[C@H]2OC(C)(C)O[C@H]2C(O)O1. The monoisotopic (exact) mass is 202 g/mol. The molecule has 0 aliphatic carbocycles. The van der Waals surface area contributed by atoms with E-state index in [0.29, 0.717) is 0 Å². The molecule has 2 heterocycles. The van der Waals surface area contributed by atoms with Crippen LogP contribution in [-0.2, 0) is 14.2 Å². The minimum atomic E-state index is -0.884. The summed E-state index contributed by atoms with van der Waals surface area (Å²) in [6.45, 7) is 7.60. The standard InChI is InChI=1S/C10H18O4/c1-9(2)5-6-7(8(11)14-9)13-10(3,4)12-6/h6-8,11H,5H2,1-4H3/t6-,7-,8?/m1/s1. The van der Waals surface area contributed by atoms with E-state index in [1.807, 2.05) is 27.7 Å². The van der Waals surface area contributed by atoms with Crippen molar-refractivity contribution in [2.45, 2.75) is 64.0 Å². The van der Waals surface area contributed by atoms with Gasteiger partial charge in [0.05, 0.1) is 11.7 Å². The second kappa shape index (κ2) is 2.92. The van der Waals surface area contributed by atoms with Gasteiger partial charge in [-0.15, -0.1) is 0 Å². The summed E-state index contributed by atoms with van der Waals surface area (Å²) in [5.74, 6) is -0.611. The Bertz CT molecular complexity index is 236. The third-order valence-electron chi connectivity index (χ3n) is 2.64. The molecule has 2 saturated heterocycles. The van der Waals surface area contributed by atoms with Crippen LogP contribution in [0.1, 0.15) is 34.1 Å². The van der Waals surface area contributed by atoms with Crippen LogP contribution in [0.3, 0.4) is 0 Å². The summed E-state index contributed by atoms with van der Waals surface area (Å²) in [5.41, 5.74) is -0.343. The molecule has 0 spiro atoms. The molecule has 0 bridgehead atoms. The highest BCUT2D eigenvalue weighted by molar-refractivity contribution is 4.92. The highest BCUT2D eigenvalue weighted by atomic mass is 16.8. The average Bonchev–Trinajstić information content (AvgIpc) is 2.21. The molecule has 2 fully saturated rings. The van der Waals surface area contributed by atoms with Crippen molar-refractivity contribution in [2.24, 2.45) is 0 Å². The van der Waals surface area contributed by atoms with Crippen LogP contribution < -0.4 is 0 Å². The van der Waals surface area contributed by atoms with Gasteiger partial charge < -0.3 is 19.3 Å². The van der Waals surface area contributed by atoms with E-state index in [0.717, 1.165) is 6.42 Å². The quantitative estimate of drug-likeness (QED) is 0.637. The predicted molar refractivity (Wildman–Crippen MR) is 49.6 cm³/mol. The van der Waals surface area contributed by atoms with Crippen molar-refractivity contribution in [3.63, 3.8) is 0 Å². The van der Waals surface area contributed by atoms with Gasteiger partial charge in [-0.1, -0.05) is 0 Å². The lowest BCUT2D eigenvalue weighted by Crippen LogP contribution is -2.50. The molecule has 2 rings (SSSR count). The van der Waals surface area contributed by atoms with Gasteiger partial charge in [0, 0.05) is 6.42 Å². The van der Waals surface area contributed by atoms with E-state index >= 15 is 0 Å². The lowest BCUT2D eigenvalue weighted by molar-refractivity contribution is -0.255. The average molecular weight is 202 g/mol. The molecule has 3 atom stereocenters. The number of aliphatic hydroxyl groups is 1. The van der Waals surface area contributed by atoms with Gasteiger partial charge in [0.15, 0.2) is 12.1 Å². The molecule has 2 aliphatic heterocycles. The fourth-order valence-electron chi connectivity index (χ4n) is 2.19. The van der Waals surface area contributed by atoms with E-state index in [4.69, 9.17) is 14.2 Å². The number of hydrogen-bond donors (Lipinski definition) is 1. The zero-order valence-electron chi connectivity index (χ0n) is 9.11. The molecule has 0 aromatic heterocycles. The Morgan fingerprint density at radius 1 is 1.07 bits per heavy atom. The maximum Gasteiger partial charge on any atom is 0.184 e. The molecule has 0 amide bonds. The second-order valence-corrected chi connectivity index (χ2v) is 5.11. The van der Waals surface area contributed by atoms with Gasteiger partial charge in [-0.2, -0.15) is 0 Å². The highest BCUT2D eigenvalue weighted by Gasteiger charge is 2.51. The van der Waals surface area contributed by atoms with Gasteiger partial charge in [-0.25, -0.2) is 0 Å². The number of fused-ring (bicyclic) bond motifs is 1. The summed E-state index contributed by atoms with van der Waals surface area (Å²) in [7, 11) is 0. The first kappa shape index (κ1) is 10.4. The molecule has 0 radical (unpaired) electrons. The molecule has 0 aromatic carbocycles. The number of aliphatic hydroxyl groups excluding tert-OH is 1. The first-order valence-corrected chi connectivity index (χ1v) is 5.01. The Hall–Kier alpha value is -0.160. The van der Waals surface area contributed by atoms with Gasteiger partial charge in [-0.3, -0.25) is 0 Å². The van der Waals surface area contributed by atoms with Gasteiger partial charge in [0.1, 0.15) is 6.10 Å². The summed E-state index contributed by atoms with van der Waals surface area (Å²) in [6.07, 6.45) is -0.551. The molecular formula is C10H18O4. The van der Waals surface area contributed by atoms with Gasteiger partial charge in [0.2, 0.25) is 0 Å². The Morgan fingerprint density at radius 2 is 1.71 bits per heavy atom. The predicted octanol–water partition coefficient (Wildman–Crippen LogP) is 1.02. The topological polar surface area (TPSA) is 47.9 Å². The van der Waals surface area contributed by atoms with Crippen LogP contribution in [0.15, 0.2) is 0 Å². The summed E-state index contributed by atoms with van der Waals surface area (Å²) in [4.78, 5) is 0. The Labute approximate surface area is 84.1 Å². The Kier molecular flexibility index (Phi) is 2.16. The molecule has 1 N–H and O–H groups in total. The van der Waals surface area contributed by atoms with Crippen molar-refractivity contribution < 1.29 is 19.3 Å². The number of rotatable bonds is 0. The Morgan fingerprint density at radius 3 is 2.36 bits per heavy atom. The van der Waals surface area contributed by atoms with Crippen LogP contribution in [-0.4, -0.2) is 35.0 Å². The van der Waals surface area contributed by atoms with Crippen LogP contribution in [0, 0.1) is 0 Å². The van der Waals surface area contributed by atoms with E-state index < -0.39 is 12.1 Å². The molecule has 82 valence electrons. The zero-order valence-corrected chi connectivity index (χ0v) is 9.11. The minimum absolute atomic E-state index is 0.0660.